The van der Waals surface area contributed by atoms with E-state index in [9.17, 15) is 4.79 Å². The molecule has 120 valence electrons. The maximum atomic E-state index is 12.4. The third kappa shape index (κ3) is 4.89. The lowest BCUT2D eigenvalue weighted by Crippen LogP contribution is -2.34. The second-order valence-electron chi connectivity index (χ2n) is 4.71. The molecule has 0 heterocycles. The van der Waals surface area contributed by atoms with Crippen LogP contribution in [0.5, 0.6) is 5.75 Å². The highest BCUT2D eigenvalue weighted by Crippen LogP contribution is 2.23. The summed E-state index contributed by atoms with van der Waals surface area (Å²) in [7, 11) is 1.52. The summed E-state index contributed by atoms with van der Waals surface area (Å²) in [6.45, 7) is 1.98. The Morgan fingerprint density at radius 3 is 2.65 bits per heavy atom. The highest BCUT2D eigenvalue weighted by molar-refractivity contribution is 14.1. The summed E-state index contributed by atoms with van der Waals surface area (Å²) in [5.74, 6) is 0.155. The summed E-state index contributed by atoms with van der Waals surface area (Å²) in [6.07, 6.45) is 0. The Labute approximate surface area is 162 Å². The highest BCUT2D eigenvalue weighted by Gasteiger charge is 2.14. The van der Waals surface area contributed by atoms with Crippen LogP contribution in [0.3, 0.4) is 0 Å². The molecule has 0 bridgehead atoms. The minimum absolute atomic E-state index is 0.237. The fraction of sp³-hybridized carbons (Fsp3) is 0.125. The van der Waals surface area contributed by atoms with Crippen molar-refractivity contribution in [3.05, 3.63) is 55.6 Å². The van der Waals surface area contributed by atoms with Gasteiger partial charge in [0.2, 0.25) is 0 Å². The van der Waals surface area contributed by atoms with Gasteiger partial charge in [0.1, 0.15) is 5.75 Å². The van der Waals surface area contributed by atoms with Gasteiger partial charge in [-0.2, -0.15) is 0 Å². The van der Waals surface area contributed by atoms with Crippen molar-refractivity contribution >= 4 is 67.4 Å². The third-order valence-electron chi connectivity index (χ3n) is 3.07. The number of carbonyl (C=O) groups excluding carboxylic acids is 1. The normalized spacial score (nSPS) is 10.1. The lowest BCUT2D eigenvalue weighted by molar-refractivity contribution is 0.0974. The summed E-state index contributed by atoms with van der Waals surface area (Å²) in [6, 6.07) is 11.1. The van der Waals surface area contributed by atoms with Crippen LogP contribution in [0.25, 0.3) is 0 Å². The Balaban J connectivity index is 2.11. The zero-order valence-corrected chi connectivity index (χ0v) is 17.0. The van der Waals surface area contributed by atoms with Crippen molar-refractivity contribution in [3.8, 4) is 5.75 Å². The van der Waals surface area contributed by atoms with E-state index in [4.69, 9.17) is 17.0 Å². The van der Waals surface area contributed by atoms with E-state index in [1.54, 1.807) is 18.2 Å². The number of anilines is 1. The Hall–Kier alpha value is -1.19. The number of rotatable bonds is 3. The molecule has 2 rings (SSSR count). The van der Waals surface area contributed by atoms with Crippen LogP contribution in [0, 0.1) is 10.5 Å². The largest absolute Gasteiger partial charge is 0.496 e. The first kappa shape index (κ1) is 18.2. The average Bonchev–Trinajstić information content (AvgIpc) is 2.50. The molecule has 2 aromatic carbocycles. The molecule has 4 nitrogen and oxygen atoms in total. The molecule has 0 spiro atoms. The molecule has 7 heteroatoms. The Morgan fingerprint density at radius 1 is 1.26 bits per heavy atom. The van der Waals surface area contributed by atoms with Crippen molar-refractivity contribution in [2.75, 3.05) is 12.4 Å². The van der Waals surface area contributed by atoms with Crippen molar-refractivity contribution in [2.24, 2.45) is 0 Å². The maximum absolute atomic E-state index is 12.4. The zero-order valence-electron chi connectivity index (χ0n) is 12.4. The molecule has 0 aromatic heterocycles. The van der Waals surface area contributed by atoms with Gasteiger partial charge in [0.05, 0.1) is 12.7 Å². The summed E-state index contributed by atoms with van der Waals surface area (Å²) in [5, 5.41) is 5.94. The number of thiocarbonyl (C=S) groups is 1. The molecule has 0 unspecified atom stereocenters. The van der Waals surface area contributed by atoms with Gasteiger partial charge in [0.15, 0.2) is 5.11 Å². The van der Waals surface area contributed by atoms with Gasteiger partial charge in [-0.3, -0.25) is 10.1 Å². The van der Waals surface area contributed by atoms with Crippen molar-refractivity contribution in [1.29, 1.82) is 0 Å². The van der Waals surface area contributed by atoms with Gasteiger partial charge in [0, 0.05) is 13.7 Å². The van der Waals surface area contributed by atoms with Crippen LogP contribution >= 0.6 is 50.7 Å². The maximum Gasteiger partial charge on any atom is 0.261 e. The molecule has 1 amide bonds. The molecule has 0 radical (unpaired) electrons. The predicted molar refractivity (Wildman–Crippen MR) is 108 cm³/mol. The molecule has 0 aliphatic rings. The molecule has 0 atom stereocenters. The van der Waals surface area contributed by atoms with E-state index in [1.165, 1.54) is 7.11 Å². The summed E-state index contributed by atoms with van der Waals surface area (Å²) in [4.78, 5) is 12.4. The minimum atomic E-state index is -0.330. The number of hydrogen-bond acceptors (Lipinski definition) is 3. The third-order valence-corrected chi connectivity index (χ3v) is 4.44. The number of aryl methyl sites for hydroxylation is 1. The number of ether oxygens (including phenoxy) is 1. The molecule has 0 aliphatic carbocycles. The molecule has 0 saturated carbocycles. The molecule has 23 heavy (non-hydrogen) atoms. The van der Waals surface area contributed by atoms with Crippen LogP contribution in [-0.4, -0.2) is 18.1 Å². The fourth-order valence-electron chi connectivity index (χ4n) is 1.95. The number of hydrogen-bond donors (Lipinski definition) is 2. The lowest BCUT2D eigenvalue weighted by atomic mass is 10.2. The minimum Gasteiger partial charge on any atom is -0.496 e. The van der Waals surface area contributed by atoms with Crippen LogP contribution in [0.4, 0.5) is 5.69 Å². The van der Waals surface area contributed by atoms with Gasteiger partial charge in [-0.25, -0.2) is 0 Å². The van der Waals surface area contributed by atoms with Gasteiger partial charge in [-0.1, -0.05) is 15.9 Å². The summed E-state index contributed by atoms with van der Waals surface area (Å²) in [5.41, 5.74) is 2.32. The van der Waals surface area contributed by atoms with E-state index in [0.717, 1.165) is 19.3 Å². The van der Waals surface area contributed by atoms with E-state index in [2.05, 4.69) is 49.2 Å². The zero-order chi connectivity index (χ0) is 17.0. The van der Waals surface area contributed by atoms with E-state index < -0.39 is 0 Å². The van der Waals surface area contributed by atoms with Crippen LogP contribution in [0.2, 0.25) is 0 Å². The Morgan fingerprint density at radius 2 is 2.00 bits per heavy atom. The molecule has 2 N–H and O–H groups in total. The summed E-state index contributed by atoms with van der Waals surface area (Å²) < 4.78 is 7.13. The van der Waals surface area contributed by atoms with E-state index in [0.29, 0.717) is 11.3 Å². The van der Waals surface area contributed by atoms with Gasteiger partial charge < -0.3 is 10.1 Å². The first-order valence-electron chi connectivity index (χ1n) is 6.62. The van der Waals surface area contributed by atoms with Gasteiger partial charge in [-0.05, 0) is 83.7 Å². The second-order valence-corrected chi connectivity index (χ2v) is 7.28. The van der Waals surface area contributed by atoms with Crippen molar-refractivity contribution < 1.29 is 9.53 Å². The number of methoxy groups -OCH3 is 1. The topological polar surface area (TPSA) is 50.4 Å². The molecular weight excluding hydrogens is 491 g/mol. The van der Waals surface area contributed by atoms with E-state index in [-0.39, 0.29) is 11.0 Å². The highest BCUT2D eigenvalue weighted by atomic mass is 127. The molecule has 0 aliphatic heterocycles. The van der Waals surface area contributed by atoms with Crippen LogP contribution < -0.4 is 15.4 Å². The second kappa shape index (κ2) is 8.07. The monoisotopic (exact) mass is 504 g/mol. The van der Waals surface area contributed by atoms with Gasteiger partial charge >= 0.3 is 0 Å². The lowest BCUT2D eigenvalue weighted by Gasteiger charge is -2.13. The smallest absolute Gasteiger partial charge is 0.261 e. The quantitative estimate of drug-likeness (QED) is 0.477. The molecule has 2 aromatic rings. The van der Waals surface area contributed by atoms with Crippen LogP contribution in [0.15, 0.2) is 40.9 Å². The van der Waals surface area contributed by atoms with E-state index >= 15 is 0 Å². The van der Waals surface area contributed by atoms with Crippen LogP contribution in [-0.2, 0) is 0 Å². The van der Waals surface area contributed by atoms with Crippen molar-refractivity contribution in [3.63, 3.8) is 0 Å². The van der Waals surface area contributed by atoms with Crippen LogP contribution in [0.1, 0.15) is 15.9 Å². The summed E-state index contributed by atoms with van der Waals surface area (Å²) >= 11 is 10.8. The SMILES string of the molecule is COc1ccc(Br)cc1C(=O)NC(=S)Nc1ccc(I)cc1C. The van der Waals surface area contributed by atoms with Gasteiger partial charge in [-0.15, -0.1) is 0 Å². The Kier molecular flexibility index (Phi) is 6.37. The van der Waals surface area contributed by atoms with Crippen molar-refractivity contribution in [2.45, 2.75) is 6.92 Å². The molecule has 0 fully saturated rings. The van der Waals surface area contributed by atoms with E-state index in [1.807, 2.05) is 25.1 Å². The number of halogens is 2. The number of amides is 1. The fourth-order valence-corrected chi connectivity index (χ4v) is 3.16. The molecule has 0 saturated heterocycles. The van der Waals surface area contributed by atoms with Gasteiger partial charge in [0.25, 0.3) is 5.91 Å². The number of nitrogens with one attached hydrogen (secondary N) is 2. The standard InChI is InChI=1S/C16H14BrIN2O2S/c1-9-7-11(18)4-5-13(9)19-16(23)20-15(21)12-8-10(17)3-6-14(12)22-2/h3-8H,1-2H3,(H2,19,20,21,23). The number of benzene rings is 2. The predicted octanol–water partition coefficient (Wildman–Crippen LogP) is 4.50. The first-order valence-corrected chi connectivity index (χ1v) is 8.90. The number of carbonyl (C=O) groups is 1. The average molecular weight is 505 g/mol. The Bertz CT molecular complexity index is 768. The van der Waals surface area contributed by atoms with Crippen molar-refractivity contribution in [1.82, 2.24) is 5.32 Å². The molecular formula is C16H14BrIN2O2S. The first-order chi connectivity index (χ1) is 10.9.